The standard InChI is InChI=1S/C28H34N4O2/c1-18-14-19(2)17-31(16-18)13-10-29-22-15-23(32-11-6-3-7-12-32)26-25-24(22)27(33)20-8-4-5-9-21(20)28(25)34-30-26/h4-5,8-9,15,18-19,29H,3,6-7,10-14,16-17H2,1-2H3/t18-,19-/m1/s1. The Morgan fingerprint density at radius 2 is 1.79 bits per heavy atom. The number of carbonyl (C=O) groups is 1. The van der Waals surface area contributed by atoms with Gasteiger partial charge >= 0.3 is 0 Å². The van der Waals surface area contributed by atoms with E-state index in [-0.39, 0.29) is 5.78 Å². The Balaban J connectivity index is 1.39. The molecule has 1 aromatic heterocycles. The first-order valence-corrected chi connectivity index (χ1v) is 12.9. The van der Waals surface area contributed by atoms with E-state index in [1.54, 1.807) is 0 Å². The molecule has 2 aromatic carbocycles. The number of benzene rings is 2. The van der Waals surface area contributed by atoms with Crippen molar-refractivity contribution in [3.05, 3.63) is 41.5 Å². The Morgan fingerprint density at radius 3 is 2.56 bits per heavy atom. The summed E-state index contributed by atoms with van der Waals surface area (Å²) in [6, 6.07) is 9.90. The molecule has 178 valence electrons. The zero-order valence-corrected chi connectivity index (χ0v) is 20.3. The Morgan fingerprint density at radius 1 is 1.06 bits per heavy atom. The third kappa shape index (κ3) is 3.68. The van der Waals surface area contributed by atoms with E-state index in [2.05, 4.69) is 40.2 Å². The number of ketones is 1. The van der Waals surface area contributed by atoms with Crippen LogP contribution in [0.2, 0.25) is 0 Å². The molecule has 2 fully saturated rings. The first-order valence-electron chi connectivity index (χ1n) is 12.9. The van der Waals surface area contributed by atoms with Crippen LogP contribution in [0.25, 0.3) is 22.2 Å². The molecular formula is C28H34N4O2. The van der Waals surface area contributed by atoms with E-state index in [1.165, 1.54) is 25.7 Å². The van der Waals surface area contributed by atoms with Crippen LogP contribution >= 0.6 is 0 Å². The lowest BCUT2D eigenvalue weighted by Gasteiger charge is -2.35. The molecule has 0 saturated carbocycles. The monoisotopic (exact) mass is 458 g/mol. The van der Waals surface area contributed by atoms with Gasteiger partial charge in [-0.1, -0.05) is 43.3 Å². The fourth-order valence-corrected chi connectivity index (χ4v) is 6.38. The minimum absolute atomic E-state index is 0.0595. The molecule has 3 aliphatic rings. The molecule has 6 heteroatoms. The predicted molar refractivity (Wildman–Crippen MR) is 137 cm³/mol. The van der Waals surface area contributed by atoms with Gasteiger partial charge in [0.15, 0.2) is 11.5 Å². The highest BCUT2D eigenvalue weighted by molar-refractivity contribution is 6.28. The summed E-state index contributed by atoms with van der Waals surface area (Å²) in [5.41, 5.74) is 5.07. The summed E-state index contributed by atoms with van der Waals surface area (Å²) >= 11 is 0. The van der Waals surface area contributed by atoms with E-state index in [4.69, 9.17) is 4.52 Å². The Bertz CT molecular complexity index is 1220. The third-order valence-electron chi connectivity index (χ3n) is 7.76. The van der Waals surface area contributed by atoms with E-state index in [0.717, 1.165) is 84.7 Å². The summed E-state index contributed by atoms with van der Waals surface area (Å²) in [5, 5.41) is 9.04. The molecule has 0 amide bonds. The van der Waals surface area contributed by atoms with Gasteiger partial charge < -0.3 is 19.6 Å². The van der Waals surface area contributed by atoms with Crippen LogP contribution in [0.3, 0.4) is 0 Å². The van der Waals surface area contributed by atoms with Crippen molar-refractivity contribution in [3.8, 4) is 11.3 Å². The summed E-state index contributed by atoms with van der Waals surface area (Å²) in [7, 11) is 0. The van der Waals surface area contributed by atoms with Gasteiger partial charge in [0.2, 0.25) is 0 Å². The topological polar surface area (TPSA) is 61.6 Å². The Kier molecular flexibility index (Phi) is 5.56. The van der Waals surface area contributed by atoms with Gasteiger partial charge in [0.05, 0.1) is 16.6 Å². The molecule has 0 bridgehead atoms. The lowest BCUT2D eigenvalue weighted by atomic mass is 9.86. The van der Waals surface area contributed by atoms with Crippen molar-refractivity contribution in [3.63, 3.8) is 0 Å². The molecule has 1 aliphatic carbocycles. The molecule has 6 rings (SSSR count). The van der Waals surface area contributed by atoms with Crippen LogP contribution in [0, 0.1) is 11.8 Å². The number of piperidine rings is 2. The van der Waals surface area contributed by atoms with Gasteiger partial charge in [-0.15, -0.1) is 0 Å². The Labute approximate surface area is 201 Å². The summed E-state index contributed by atoms with van der Waals surface area (Å²) < 4.78 is 5.92. The summed E-state index contributed by atoms with van der Waals surface area (Å²) in [4.78, 5) is 18.7. The van der Waals surface area contributed by atoms with Crippen LogP contribution in [0.4, 0.5) is 11.4 Å². The number of hydrogen-bond acceptors (Lipinski definition) is 6. The zero-order valence-electron chi connectivity index (χ0n) is 20.3. The van der Waals surface area contributed by atoms with Crippen molar-refractivity contribution < 1.29 is 9.32 Å². The van der Waals surface area contributed by atoms with Crippen molar-refractivity contribution in [2.24, 2.45) is 11.8 Å². The number of carbonyl (C=O) groups excluding carboxylic acids is 1. The molecule has 6 nitrogen and oxygen atoms in total. The number of aromatic nitrogens is 1. The normalized spacial score (nSPS) is 22.8. The molecule has 2 aliphatic heterocycles. The molecule has 34 heavy (non-hydrogen) atoms. The van der Waals surface area contributed by atoms with Gasteiger partial charge in [0.25, 0.3) is 0 Å². The van der Waals surface area contributed by atoms with E-state index in [1.807, 2.05) is 24.3 Å². The summed E-state index contributed by atoms with van der Waals surface area (Å²) in [6.07, 6.45) is 4.95. The van der Waals surface area contributed by atoms with E-state index in [9.17, 15) is 4.79 Å². The van der Waals surface area contributed by atoms with Gasteiger partial charge in [-0.3, -0.25) is 4.79 Å². The van der Waals surface area contributed by atoms with Crippen LogP contribution in [0.1, 0.15) is 55.5 Å². The second-order valence-corrected chi connectivity index (χ2v) is 10.6. The van der Waals surface area contributed by atoms with Crippen molar-refractivity contribution >= 4 is 28.1 Å². The molecule has 2 saturated heterocycles. The number of anilines is 2. The van der Waals surface area contributed by atoms with Gasteiger partial charge in [0.1, 0.15) is 5.52 Å². The van der Waals surface area contributed by atoms with Crippen molar-refractivity contribution in [2.75, 3.05) is 49.5 Å². The maximum Gasteiger partial charge on any atom is 0.196 e. The van der Waals surface area contributed by atoms with Crippen LogP contribution in [-0.2, 0) is 0 Å². The molecule has 1 N–H and O–H groups in total. The highest BCUT2D eigenvalue weighted by Gasteiger charge is 2.34. The van der Waals surface area contributed by atoms with Crippen LogP contribution in [0.5, 0.6) is 0 Å². The number of hydrogen-bond donors (Lipinski definition) is 1. The summed E-state index contributed by atoms with van der Waals surface area (Å²) in [6.45, 7) is 10.8. The fraction of sp³-hybridized carbons (Fsp3) is 0.500. The second kappa shape index (κ2) is 8.73. The van der Waals surface area contributed by atoms with E-state index < -0.39 is 0 Å². The van der Waals surface area contributed by atoms with Crippen molar-refractivity contribution in [1.82, 2.24) is 10.1 Å². The Hall–Kier alpha value is -2.86. The number of nitrogens with one attached hydrogen (secondary N) is 1. The smallest absolute Gasteiger partial charge is 0.196 e. The molecule has 2 atom stereocenters. The fourth-order valence-electron chi connectivity index (χ4n) is 6.38. The van der Waals surface area contributed by atoms with Gasteiger partial charge in [-0.05, 0) is 43.6 Å². The minimum atomic E-state index is 0.0595. The number of rotatable bonds is 5. The van der Waals surface area contributed by atoms with Gasteiger partial charge in [-0.2, -0.15) is 0 Å². The average Bonchev–Trinajstić information content (AvgIpc) is 3.28. The van der Waals surface area contributed by atoms with E-state index in [0.29, 0.717) is 11.1 Å². The number of likely N-dealkylation sites (tertiary alicyclic amines) is 1. The molecule has 3 heterocycles. The van der Waals surface area contributed by atoms with Crippen molar-refractivity contribution in [2.45, 2.75) is 39.5 Å². The average molecular weight is 459 g/mol. The maximum atomic E-state index is 13.7. The van der Waals surface area contributed by atoms with Crippen LogP contribution in [-0.4, -0.2) is 55.1 Å². The molecule has 0 unspecified atom stereocenters. The predicted octanol–water partition coefficient (Wildman–Crippen LogP) is 5.42. The van der Waals surface area contributed by atoms with Gasteiger partial charge in [-0.25, -0.2) is 0 Å². The second-order valence-electron chi connectivity index (χ2n) is 10.6. The van der Waals surface area contributed by atoms with E-state index >= 15 is 0 Å². The lowest BCUT2D eigenvalue weighted by Crippen LogP contribution is -2.41. The third-order valence-corrected chi connectivity index (χ3v) is 7.76. The highest BCUT2D eigenvalue weighted by Crippen LogP contribution is 2.46. The molecular weight excluding hydrogens is 424 g/mol. The van der Waals surface area contributed by atoms with Crippen LogP contribution in [0.15, 0.2) is 34.9 Å². The maximum absolute atomic E-state index is 13.7. The van der Waals surface area contributed by atoms with Crippen LogP contribution < -0.4 is 10.2 Å². The minimum Gasteiger partial charge on any atom is -0.383 e. The summed E-state index contributed by atoms with van der Waals surface area (Å²) in [5.74, 6) is 2.26. The number of fused-ring (bicyclic) bond motifs is 2. The molecule has 0 radical (unpaired) electrons. The molecule has 3 aromatic rings. The van der Waals surface area contributed by atoms with Crippen molar-refractivity contribution in [1.29, 1.82) is 0 Å². The first kappa shape index (κ1) is 21.7. The SMILES string of the molecule is C[C@@H]1C[C@@H](C)CN(CCNc2cc(N3CCCCC3)c3noc4c3c2C(=O)c2ccccc2-4)C1. The highest BCUT2D eigenvalue weighted by atomic mass is 16.5. The van der Waals surface area contributed by atoms with Gasteiger partial charge in [0, 0.05) is 56.1 Å². The number of nitrogens with zero attached hydrogens (tertiary/aromatic N) is 3. The largest absolute Gasteiger partial charge is 0.383 e. The lowest BCUT2D eigenvalue weighted by molar-refractivity contribution is 0.104. The first-order chi connectivity index (χ1) is 16.6. The zero-order chi connectivity index (χ0) is 23.2. The molecule has 0 spiro atoms. The quantitative estimate of drug-likeness (QED) is 0.431.